The SMILES string of the molecule is Cc1nc(Cl)cc(Nc2nc(-c3ccc4c(c3)C(C)(C)C(=O)N4C)cs2)n1. The average molecular weight is 400 g/mol. The zero-order valence-electron chi connectivity index (χ0n) is 15.4. The van der Waals surface area contributed by atoms with Crippen molar-refractivity contribution in [2.75, 3.05) is 17.3 Å². The molecule has 0 bridgehead atoms. The smallest absolute Gasteiger partial charge is 0.236 e. The molecule has 1 aliphatic rings. The maximum absolute atomic E-state index is 12.5. The van der Waals surface area contributed by atoms with Crippen molar-refractivity contribution in [2.24, 2.45) is 0 Å². The zero-order valence-corrected chi connectivity index (χ0v) is 16.9. The van der Waals surface area contributed by atoms with Crippen LogP contribution in [0.3, 0.4) is 0 Å². The fourth-order valence-electron chi connectivity index (χ4n) is 3.30. The van der Waals surface area contributed by atoms with E-state index < -0.39 is 5.41 Å². The lowest BCUT2D eigenvalue weighted by atomic mass is 9.85. The molecule has 4 rings (SSSR count). The van der Waals surface area contributed by atoms with Gasteiger partial charge in [-0.15, -0.1) is 11.3 Å². The monoisotopic (exact) mass is 399 g/mol. The van der Waals surface area contributed by atoms with E-state index in [1.165, 1.54) is 11.3 Å². The molecule has 0 unspecified atom stereocenters. The number of nitrogens with one attached hydrogen (secondary N) is 1. The maximum Gasteiger partial charge on any atom is 0.236 e. The largest absolute Gasteiger partial charge is 0.316 e. The number of likely N-dealkylation sites (N-methyl/N-ethyl adjacent to an activating group) is 1. The molecule has 6 nitrogen and oxygen atoms in total. The molecule has 3 aromatic rings. The number of hydrogen-bond acceptors (Lipinski definition) is 6. The number of carbonyl (C=O) groups is 1. The van der Waals surface area contributed by atoms with E-state index in [2.05, 4.69) is 26.3 Å². The van der Waals surface area contributed by atoms with Gasteiger partial charge in [0.2, 0.25) is 5.91 Å². The number of thiazole rings is 1. The lowest BCUT2D eigenvalue weighted by molar-refractivity contribution is -0.121. The van der Waals surface area contributed by atoms with E-state index in [-0.39, 0.29) is 5.91 Å². The lowest BCUT2D eigenvalue weighted by Gasteiger charge is -2.16. The third-order valence-corrected chi connectivity index (χ3v) is 5.66. The number of rotatable bonds is 3. The van der Waals surface area contributed by atoms with Gasteiger partial charge in [0, 0.05) is 29.7 Å². The van der Waals surface area contributed by atoms with Gasteiger partial charge in [-0.05, 0) is 38.5 Å². The number of anilines is 3. The average Bonchev–Trinajstić information content (AvgIpc) is 3.12. The summed E-state index contributed by atoms with van der Waals surface area (Å²) in [7, 11) is 1.81. The van der Waals surface area contributed by atoms with Gasteiger partial charge in [0.15, 0.2) is 5.13 Å². The van der Waals surface area contributed by atoms with Crippen molar-refractivity contribution >= 4 is 45.5 Å². The predicted molar refractivity (Wildman–Crippen MR) is 109 cm³/mol. The van der Waals surface area contributed by atoms with E-state index in [9.17, 15) is 4.79 Å². The number of amides is 1. The molecule has 0 saturated heterocycles. The van der Waals surface area contributed by atoms with Gasteiger partial charge >= 0.3 is 0 Å². The highest BCUT2D eigenvalue weighted by Gasteiger charge is 2.42. The van der Waals surface area contributed by atoms with Gasteiger partial charge in [-0.3, -0.25) is 4.79 Å². The molecular weight excluding hydrogens is 382 g/mol. The molecule has 138 valence electrons. The molecular formula is C19H18ClN5OS. The maximum atomic E-state index is 12.5. The topological polar surface area (TPSA) is 71.0 Å². The summed E-state index contributed by atoms with van der Waals surface area (Å²) in [5.41, 5.74) is 3.26. The number of hydrogen-bond donors (Lipinski definition) is 1. The second-order valence-electron chi connectivity index (χ2n) is 7.01. The fourth-order valence-corrected chi connectivity index (χ4v) is 4.25. The first-order valence-electron chi connectivity index (χ1n) is 8.42. The van der Waals surface area contributed by atoms with Crippen LogP contribution in [0.5, 0.6) is 0 Å². The van der Waals surface area contributed by atoms with Crippen LogP contribution in [-0.2, 0) is 10.2 Å². The Morgan fingerprint density at radius 3 is 2.70 bits per heavy atom. The fraction of sp³-hybridized carbons (Fsp3) is 0.263. The summed E-state index contributed by atoms with van der Waals surface area (Å²) in [6, 6.07) is 7.70. The summed E-state index contributed by atoms with van der Waals surface area (Å²) < 4.78 is 0. The van der Waals surface area contributed by atoms with E-state index in [1.54, 1.807) is 17.9 Å². The van der Waals surface area contributed by atoms with E-state index in [4.69, 9.17) is 11.6 Å². The first kappa shape index (κ1) is 17.9. The Labute approximate surface area is 166 Å². The molecule has 1 N–H and O–H groups in total. The molecule has 0 atom stereocenters. The summed E-state index contributed by atoms with van der Waals surface area (Å²) in [4.78, 5) is 27.2. The predicted octanol–water partition coefficient (Wildman–Crippen LogP) is 4.56. The third-order valence-electron chi connectivity index (χ3n) is 4.71. The highest BCUT2D eigenvalue weighted by atomic mass is 35.5. The first-order valence-corrected chi connectivity index (χ1v) is 9.68. The highest BCUT2D eigenvalue weighted by molar-refractivity contribution is 7.14. The van der Waals surface area contributed by atoms with Crippen LogP contribution in [0.4, 0.5) is 16.6 Å². The van der Waals surface area contributed by atoms with E-state index >= 15 is 0 Å². The van der Waals surface area contributed by atoms with Crippen LogP contribution in [0.15, 0.2) is 29.6 Å². The second kappa shape index (κ2) is 6.28. The zero-order chi connectivity index (χ0) is 19.3. The molecule has 2 aromatic heterocycles. The molecule has 0 fully saturated rings. The van der Waals surface area contributed by atoms with Crippen LogP contribution in [0, 0.1) is 6.92 Å². The van der Waals surface area contributed by atoms with Crippen LogP contribution in [0.25, 0.3) is 11.3 Å². The van der Waals surface area contributed by atoms with Crippen molar-refractivity contribution < 1.29 is 4.79 Å². The molecule has 1 amide bonds. The lowest BCUT2D eigenvalue weighted by Crippen LogP contribution is -2.33. The number of benzene rings is 1. The van der Waals surface area contributed by atoms with E-state index in [0.29, 0.717) is 21.9 Å². The van der Waals surface area contributed by atoms with Crippen molar-refractivity contribution in [1.29, 1.82) is 0 Å². The van der Waals surface area contributed by atoms with E-state index in [0.717, 1.165) is 22.5 Å². The van der Waals surface area contributed by atoms with Crippen molar-refractivity contribution in [2.45, 2.75) is 26.2 Å². The third kappa shape index (κ3) is 3.07. The summed E-state index contributed by atoms with van der Waals surface area (Å²) >= 11 is 7.46. The standard InChI is InChI=1S/C19H18ClN5OS/c1-10-21-15(20)8-16(22-10)24-18-23-13(9-27-18)11-5-6-14-12(7-11)19(2,3)17(26)25(14)4/h5-9H,1-4H3,(H,21,22,23,24). The van der Waals surface area contributed by atoms with E-state index in [1.807, 2.05) is 38.4 Å². The van der Waals surface area contributed by atoms with Gasteiger partial charge in [0.05, 0.1) is 11.1 Å². The summed E-state index contributed by atoms with van der Waals surface area (Å²) in [5.74, 6) is 1.30. The van der Waals surface area contributed by atoms with Crippen LogP contribution < -0.4 is 10.2 Å². The summed E-state index contributed by atoms with van der Waals surface area (Å²) in [6.45, 7) is 5.70. The van der Waals surface area contributed by atoms with Crippen molar-refractivity contribution in [3.05, 3.63) is 46.2 Å². The minimum absolute atomic E-state index is 0.103. The summed E-state index contributed by atoms with van der Waals surface area (Å²) in [5, 5.41) is 6.25. The summed E-state index contributed by atoms with van der Waals surface area (Å²) in [6.07, 6.45) is 0. The van der Waals surface area contributed by atoms with Crippen molar-refractivity contribution in [3.8, 4) is 11.3 Å². The van der Waals surface area contributed by atoms with Gasteiger partial charge in [-0.2, -0.15) is 0 Å². The van der Waals surface area contributed by atoms with Gasteiger partial charge in [0.25, 0.3) is 0 Å². The number of fused-ring (bicyclic) bond motifs is 1. The normalized spacial score (nSPS) is 15.1. The van der Waals surface area contributed by atoms with Crippen LogP contribution in [0.2, 0.25) is 5.15 Å². The Bertz CT molecular complexity index is 1040. The molecule has 3 heterocycles. The Morgan fingerprint density at radius 1 is 1.19 bits per heavy atom. The Morgan fingerprint density at radius 2 is 1.96 bits per heavy atom. The van der Waals surface area contributed by atoms with Crippen molar-refractivity contribution in [3.63, 3.8) is 0 Å². The minimum Gasteiger partial charge on any atom is -0.316 e. The molecule has 8 heteroatoms. The molecule has 0 radical (unpaired) electrons. The van der Waals surface area contributed by atoms with Gasteiger partial charge in [0.1, 0.15) is 16.8 Å². The van der Waals surface area contributed by atoms with Crippen LogP contribution >= 0.6 is 22.9 Å². The highest BCUT2D eigenvalue weighted by Crippen LogP contribution is 2.42. The Kier molecular flexibility index (Phi) is 4.16. The van der Waals surface area contributed by atoms with Gasteiger partial charge in [-0.1, -0.05) is 17.7 Å². The molecule has 0 aliphatic carbocycles. The Balaban J connectivity index is 1.65. The van der Waals surface area contributed by atoms with Crippen LogP contribution in [-0.4, -0.2) is 27.9 Å². The molecule has 0 spiro atoms. The quantitative estimate of drug-likeness (QED) is 0.653. The number of halogens is 1. The van der Waals surface area contributed by atoms with Gasteiger partial charge < -0.3 is 10.2 Å². The van der Waals surface area contributed by atoms with Crippen LogP contribution in [0.1, 0.15) is 25.2 Å². The molecule has 0 saturated carbocycles. The Hall–Kier alpha value is -2.51. The minimum atomic E-state index is -0.535. The number of aryl methyl sites for hydroxylation is 1. The molecule has 27 heavy (non-hydrogen) atoms. The number of carbonyl (C=O) groups excluding carboxylic acids is 1. The molecule has 1 aromatic carbocycles. The van der Waals surface area contributed by atoms with Crippen molar-refractivity contribution in [1.82, 2.24) is 15.0 Å². The number of nitrogens with zero attached hydrogens (tertiary/aromatic N) is 4. The molecule has 1 aliphatic heterocycles. The second-order valence-corrected chi connectivity index (χ2v) is 8.25. The van der Waals surface area contributed by atoms with Gasteiger partial charge in [-0.25, -0.2) is 15.0 Å². The first-order chi connectivity index (χ1) is 12.8. The number of aromatic nitrogens is 3.